The monoisotopic (exact) mass is 404 g/mol. The zero-order chi connectivity index (χ0) is 20.1. The van der Waals surface area contributed by atoms with Crippen molar-refractivity contribution in [2.75, 3.05) is 22.5 Å². The van der Waals surface area contributed by atoms with Crippen molar-refractivity contribution < 1.29 is 14.3 Å². The molecule has 3 aromatic carbocycles. The van der Waals surface area contributed by atoms with Crippen molar-refractivity contribution >= 4 is 35.0 Å². The maximum absolute atomic E-state index is 12.5. The molecule has 0 aromatic heterocycles. The fraction of sp³-hybridized carbons (Fsp3) is 0.130. The second-order valence-electron chi connectivity index (χ2n) is 6.58. The van der Waals surface area contributed by atoms with Crippen molar-refractivity contribution in [1.82, 2.24) is 0 Å². The molecule has 0 radical (unpaired) electrons. The fourth-order valence-corrected chi connectivity index (χ4v) is 3.98. The van der Waals surface area contributed by atoms with E-state index in [0.717, 1.165) is 21.9 Å². The lowest BCUT2D eigenvalue weighted by Gasteiger charge is -2.28. The maximum Gasteiger partial charge on any atom is 0.244 e. The summed E-state index contributed by atoms with van der Waals surface area (Å²) >= 11 is 1.50. The zero-order valence-corrected chi connectivity index (χ0v) is 16.5. The molecule has 0 saturated heterocycles. The molecule has 3 aromatic rings. The highest BCUT2D eigenvalue weighted by molar-refractivity contribution is 8.00. The van der Waals surface area contributed by atoms with Gasteiger partial charge < -0.3 is 15.0 Å². The summed E-state index contributed by atoms with van der Waals surface area (Å²) in [5.74, 6) is 0.771. The summed E-state index contributed by atoms with van der Waals surface area (Å²) in [6.45, 7) is 0.476. The van der Waals surface area contributed by atoms with Gasteiger partial charge in [-0.2, -0.15) is 0 Å². The van der Waals surface area contributed by atoms with E-state index in [1.165, 1.54) is 11.8 Å². The number of para-hydroxylation sites is 1. The van der Waals surface area contributed by atoms with Crippen LogP contribution in [0.1, 0.15) is 5.56 Å². The van der Waals surface area contributed by atoms with Gasteiger partial charge in [-0.1, -0.05) is 42.5 Å². The van der Waals surface area contributed by atoms with Gasteiger partial charge in [0.1, 0.15) is 18.9 Å². The molecule has 1 heterocycles. The van der Waals surface area contributed by atoms with Crippen LogP contribution in [-0.4, -0.2) is 24.1 Å². The summed E-state index contributed by atoms with van der Waals surface area (Å²) in [4.78, 5) is 27.3. The molecule has 2 amide bonds. The van der Waals surface area contributed by atoms with Gasteiger partial charge in [0, 0.05) is 10.6 Å². The lowest BCUT2D eigenvalue weighted by atomic mass is 10.2. The van der Waals surface area contributed by atoms with Crippen LogP contribution in [0.15, 0.2) is 83.8 Å². The Balaban J connectivity index is 1.35. The van der Waals surface area contributed by atoms with Crippen LogP contribution in [0.3, 0.4) is 0 Å². The van der Waals surface area contributed by atoms with Crippen LogP contribution in [0, 0.1) is 0 Å². The van der Waals surface area contributed by atoms with E-state index in [1.807, 2.05) is 66.7 Å². The average Bonchev–Trinajstić information content (AvgIpc) is 2.76. The first-order chi connectivity index (χ1) is 14.2. The smallest absolute Gasteiger partial charge is 0.244 e. The molecule has 0 atom stereocenters. The van der Waals surface area contributed by atoms with Crippen LogP contribution in [0.4, 0.5) is 11.4 Å². The minimum atomic E-state index is -0.238. The predicted molar refractivity (Wildman–Crippen MR) is 115 cm³/mol. The Bertz CT molecular complexity index is 1010. The van der Waals surface area contributed by atoms with Crippen LogP contribution < -0.4 is 15.0 Å². The van der Waals surface area contributed by atoms with Gasteiger partial charge in [0.2, 0.25) is 11.8 Å². The maximum atomic E-state index is 12.5. The quantitative estimate of drug-likeness (QED) is 0.664. The summed E-state index contributed by atoms with van der Waals surface area (Å²) in [6.07, 6.45) is 0. The molecule has 0 saturated carbocycles. The lowest BCUT2D eigenvalue weighted by Crippen LogP contribution is -2.41. The molecule has 0 bridgehead atoms. The fourth-order valence-electron chi connectivity index (χ4n) is 3.05. The largest absolute Gasteiger partial charge is 0.489 e. The highest BCUT2D eigenvalue weighted by Gasteiger charge is 2.26. The van der Waals surface area contributed by atoms with Crippen molar-refractivity contribution in [3.8, 4) is 5.75 Å². The number of anilines is 2. The number of rotatable bonds is 6. The number of fused-ring (bicyclic) bond motifs is 1. The van der Waals surface area contributed by atoms with E-state index < -0.39 is 0 Å². The van der Waals surface area contributed by atoms with E-state index in [-0.39, 0.29) is 18.4 Å². The Morgan fingerprint density at radius 1 is 0.966 bits per heavy atom. The molecule has 0 aliphatic carbocycles. The molecular weight excluding hydrogens is 384 g/mol. The predicted octanol–water partition coefficient (Wildman–Crippen LogP) is 4.34. The first-order valence-corrected chi connectivity index (χ1v) is 10.3. The number of benzene rings is 3. The Kier molecular flexibility index (Phi) is 5.81. The van der Waals surface area contributed by atoms with E-state index in [2.05, 4.69) is 5.32 Å². The van der Waals surface area contributed by atoms with Crippen molar-refractivity contribution in [1.29, 1.82) is 0 Å². The van der Waals surface area contributed by atoms with Crippen molar-refractivity contribution in [3.05, 3.63) is 84.4 Å². The summed E-state index contributed by atoms with van der Waals surface area (Å²) in [7, 11) is 0. The molecule has 1 N–H and O–H groups in total. The first kappa shape index (κ1) is 19.1. The number of thioether (sulfide) groups is 1. The molecule has 1 aliphatic rings. The molecule has 146 valence electrons. The van der Waals surface area contributed by atoms with Crippen LogP contribution in [0.2, 0.25) is 0 Å². The third-order valence-electron chi connectivity index (χ3n) is 4.50. The van der Waals surface area contributed by atoms with Gasteiger partial charge in [-0.15, -0.1) is 11.8 Å². The SMILES string of the molecule is O=C(CN1C(=O)CSc2ccccc21)Nc1ccc(OCc2ccccc2)cc1. The van der Waals surface area contributed by atoms with Gasteiger partial charge in [0.15, 0.2) is 0 Å². The number of hydrogen-bond donors (Lipinski definition) is 1. The number of carbonyl (C=O) groups excluding carboxylic acids is 2. The highest BCUT2D eigenvalue weighted by atomic mass is 32.2. The Labute approximate surface area is 173 Å². The second-order valence-corrected chi connectivity index (χ2v) is 7.60. The van der Waals surface area contributed by atoms with Crippen molar-refractivity contribution in [2.45, 2.75) is 11.5 Å². The Morgan fingerprint density at radius 2 is 1.69 bits per heavy atom. The van der Waals surface area contributed by atoms with Gasteiger partial charge in [0.05, 0.1) is 11.4 Å². The van der Waals surface area contributed by atoms with Gasteiger partial charge in [-0.3, -0.25) is 9.59 Å². The van der Waals surface area contributed by atoms with Crippen LogP contribution in [0.5, 0.6) is 5.75 Å². The normalized spacial score (nSPS) is 13.0. The Morgan fingerprint density at radius 3 is 2.48 bits per heavy atom. The summed E-state index contributed by atoms with van der Waals surface area (Å²) in [5.41, 5.74) is 2.54. The van der Waals surface area contributed by atoms with E-state index >= 15 is 0 Å². The van der Waals surface area contributed by atoms with Gasteiger partial charge in [0.25, 0.3) is 0 Å². The summed E-state index contributed by atoms with van der Waals surface area (Å²) in [5, 5.41) is 2.85. The van der Waals surface area contributed by atoms with Crippen LogP contribution >= 0.6 is 11.8 Å². The van der Waals surface area contributed by atoms with Crippen LogP contribution in [-0.2, 0) is 16.2 Å². The number of amides is 2. The summed E-state index contributed by atoms with van der Waals surface area (Å²) < 4.78 is 5.76. The molecule has 0 spiro atoms. The molecule has 6 heteroatoms. The van der Waals surface area contributed by atoms with Crippen molar-refractivity contribution in [2.24, 2.45) is 0 Å². The number of hydrogen-bond acceptors (Lipinski definition) is 4. The van der Waals surface area contributed by atoms with E-state index in [0.29, 0.717) is 18.0 Å². The van der Waals surface area contributed by atoms with E-state index in [9.17, 15) is 9.59 Å². The average molecular weight is 404 g/mol. The molecule has 4 rings (SSSR count). The van der Waals surface area contributed by atoms with Gasteiger partial charge >= 0.3 is 0 Å². The number of carbonyl (C=O) groups is 2. The third-order valence-corrected chi connectivity index (χ3v) is 5.54. The molecule has 1 aliphatic heterocycles. The topological polar surface area (TPSA) is 58.6 Å². The highest BCUT2D eigenvalue weighted by Crippen LogP contribution is 2.34. The first-order valence-electron chi connectivity index (χ1n) is 9.28. The zero-order valence-electron chi connectivity index (χ0n) is 15.7. The number of ether oxygens (including phenoxy) is 1. The molecule has 0 unspecified atom stereocenters. The van der Waals surface area contributed by atoms with Gasteiger partial charge in [-0.05, 0) is 42.0 Å². The lowest BCUT2D eigenvalue weighted by molar-refractivity contribution is -0.120. The van der Waals surface area contributed by atoms with E-state index in [1.54, 1.807) is 17.0 Å². The van der Waals surface area contributed by atoms with E-state index in [4.69, 9.17) is 4.74 Å². The molecule has 5 nitrogen and oxygen atoms in total. The molecular formula is C23H20N2O3S. The number of nitrogens with zero attached hydrogens (tertiary/aromatic N) is 1. The minimum Gasteiger partial charge on any atom is -0.489 e. The van der Waals surface area contributed by atoms with Crippen molar-refractivity contribution in [3.63, 3.8) is 0 Å². The second kappa shape index (κ2) is 8.84. The standard InChI is InChI=1S/C23H20N2O3S/c26-22(14-25-20-8-4-5-9-21(20)29-16-23(25)27)24-18-10-12-19(13-11-18)28-15-17-6-2-1-3-7-17/h1-13H,14-16H2,(H,24,26). The molecule has 0 fully saturated rings. The molecule has 29 heavy (non-hydrogen) atoms. The van der Waals surface area contributed by atoms with Gasteiger partial charge in [-0.25, -0.2) is 0 Å². The van der Waals surface area contributed by atoms with Crippen LogP contribution in [0.25, 0.3) is 0 Å². The third kappa shape index (κ3) is 4.78. The summed E-state index contributed by atoms with van der Waals surface area (Å²) in [6, 6.07) is 24.8. The minimum absolute atomic E-state index is 0.0112. The number of nitrogens with one attached hydrogen (secondary N) is 1. The Hall–Kier alpha value is -3.25.